The van der Waals surface area contributed by atoms with Crippen molar-refractivity contribution in [2.24, 2.45) is 5.92 Å². The Morgan fingerprint density at radius 2 is 2.18 bits per heavy atom. The first kappa shape index (κ1) is 15.0. The Morgan fingerprint density at radius 3 is 2.95 bits per heavy atom. The molecule has 6 heteroatoms. The van der Waals surface area contributed by atoms with Gasteiger partial charge >= 0.3 is 0 Å². The first-order chi connectivity index (χ1) is 10.8. The van der Waals surface area contributed by atoms with Crippen molar-refractivity contribution >= 4 is 16.9 Å². The Balaban J connectivity index is 1.70. The number of aromatic nitrogens is 3. The van der Waals surface area contributed by atoms with Crippen LogP contribution in [0.4, 0.5) is 0 Å². The van der Waals surface area contributed by atoms with Crippen LogP contribution in [0.25, 0.3) is 11.0 Å². The Bertz CT molecular complexity index is 647. The van der Waals surface area contributed by atoms with E-state index in [2.05, 4.69) is 24.9 Å². The fourth-order valence-corrected chi connectivity index (χ4v) is 3.20. The SMILES string of the molecule is CONC(=O)c1cc2ncn(CCC3CCCCC3)c2cn1. The van der Waals surface area contributed by atoms with Crippen LogP contribution in [0.15, 0.2) is 18.6 Å². The molecule has 2 heterocycles. The summed E-state index contributed by atoms with van der Waals surface area (Å²) in [7, 11) is 1.40. The second kappa shape index (κ2) is 6.87. The largest absolute Gasteiger partial charge is 0.329 e. The van der Waals surface area contributed by atoms with Gasteiger partial charge in [-0.15, -0.1) is 0 Å². The zero-order valence-electron chi connectivity index (χ0n) is 12.9. The Labute approximate surface area is 129 Å². The number of nitrogens with one attached hydrogen (secondary N) is 1. The number of amides is 1. The molecule has 1 aliphatic rings. The van der Waals surface area contributed by atoms with Gasteiger partial charge in [-0.3, -0.25) is 9.63 Å². The highest BCUT2D eigenvalue weighted by Crippen LogP contribution is 2.27. The van der Waals surface area contributed by atoms with Crippen molar-refractivity contribution in [2.45, 2.75) is 45.1 Å². The van der Waals surface area contributed by atoms with Gasteiger partial charge < -0.3 is 4.57 Å². The molecule has 0 unspecified atom stereocenters. The lowest BCUT2D eigenvalue weighted by atomic mass is 9.87. The minimum atomic E-state index is -0.360. The molecule has 1 aliphatic carbocycles. The summed E-state index contributed by atoms with van der Waals surface area (Å²) in [5, 5.41) is 0. The summed E-state index contributed by atoms with van der Waals surface area (Å²) in [5.74, 6) is 0.479. The first-order valence-corrected chi connectivity index (χ1v) is 7.92. The molecule has 0 spiro atoms. The zero-order valence-corrected chi connectivity index (χ0v) is 12.9. The number of hydrogen-bond acceptors (Lipinski definition) is 4. The molecule has 2 aromatic rings. The van der Waals surface area contributed by atoms with Gasteiger partial charge in [0.1, 0.15) is 5.69 Å². The summed E-state index contributed by atoms with van der Waals surface area (Å²) >= 11 is 0. The number of aryl methyl sites for hydroxylation is 1. The summed E-state index contributed by atoms with van der Waals surface area (Å²) in [6, 6.07) is 1.70. The molecule has 1 fully saturated rings. The highest BCUT2D eigenvalue weighted by molar-refractivity contribution is 5.94. The highest BCUT2D eigenvalue weighted by atomic mass is 16.6. The summed E-state index contributed by atoms with van der Waals surface area (Å²) in [5.41, 5.74) is 4.35. The van der Waals surface area contributed by atoms with Gasteiger partial charge in [0.2, 0.25) is 0 Å². The number of pyridine rings is 1. The Hall–Kier alpha value is -1.95. The van der Waals surface area contributed by atoms with Crippen molar-refractivity contribution < 1.29 is 9.63 Å². The van der Waals surface area contributed by atoms with Crippen LogP contribution < -0.4 is 5.48 Å². The van der Waals surface area contributed by atoms with Crippen molar-refractivity contribution in [3.63, 3.8) is 0 Å². The molecular weight excluding hydrogens is 280 g/mol. The highest BCUT2D eigenvalue weighted by Gasteiger charge is 2.15. The van der Waals surface area contributed by atoms with Crippen molar-refractivity contribution in [1.29, 1.82) is 0 Å². The number of imidazole rings is 1. The van der Waals surface area contributed by atoms with Gasteiger partial charge in [-0.2, -0.15) is 0 Å². The minimum absolute atomic E-state index is 0.312. The van der Waals surface area contributed by atoms with E-state index >= 15 is 0 Å². The smallest absolute Gasteiger partial charge is 0.293 e. The van der Waals surface area contributed by atoms with Crippen LogP contribution in [0.2, 0.25) is 0 Å². The molecule has 0 aliphatic heterocycles. The second-order valence-corrected chi connectivity index (χ2v) is 5.92. The maximum atomic E-state index is 11.7. The number of carbonyl (C=O) groups is 1. The normalized spacial score (nSPS) is 16.0. The lowest BCUT2D eigenvalue weighted by Crippen LogP contribution is -2.22. The van der Waals surface area contributed by atoms with Crippen LogP contribution in [0.3, 0.4) is 0 Å². The summed E-state index contributed by atoms with van der Waals surface area (Å²) in [4.78, 5) is 24.9. The minimum Gasteiger partial charge on any atom is -0.329 e. The first-order valence-electron chi connectivity index (χ1n) is 7.92. The molecule has 0 aromatic carbocycles. The van der Waals surface area contributed by atoms with E-state index in [9.17, 15) is 4.79 Å². The standard InChI is InChI=1S/C16H22N4O2/c1-22-19-16(21)14-9-13-15(10-17-14)20(11-18-13)8-7-12-5-3-2-4-6-12/h9-12H,2-8H2,1H3,(H,19,21). The van der Waals surface area contributed by atoms with Gasteiger partial charge in [-0.1, -0.05) is 32.1 Å². The monoisotopic (exact) mass is 302 g/mol. The molecule has 118 valence electrons. The van der Waals surface area contributed by atoms with Gasteiger partial charge in [0, 0.05) is 6.54 Å². The molecule has 0 atom stereocenters. The molecule has 0 radical (unpaired) electrons. The van der Waals surface area contributed by atoms with E-state index in [0.29, 0.717) is 5.69 Å². The van der Waals surface area contributed by atoms with Crippen molar-refractivity contribution in [3.05, 3.63) is 24.3 Å². The quantitative estimate of drug-likeness (QED) is 0.862. The van der Waals surface area contributed by atoms with Gasteiger partial charge in [-0.05, 0) is 18.4 Å². The van der Waals surface area contributed by atoms with Gasteiger partial charge in [-0.25, -0.2) is 15.4 Å². The number of hydrogen-bond donors (Lipinski definition) is 1. The number of fused-ring (bicyclic) bond motifs is 1. The average Bonchev–Trinajstić information content (AvgIpc) is 2.96. The molecule has 6 nitrogen and oxygen atoms in total. The van der Waals surface area contributed by atoms with E-state index in [1.165, 1.54) is 45.6 Å². The van der Waals surface area contributed by atoms with E-state index in [4.69, 9.17) is 0 Å². The number of rotatable bonds is 5. The number of carbonyl (C=O) groups excluding carboxylic acids is 1. The number of nitrogens with zero attached hydrogens (tertiary/aromatic N) is 3. The van der Waals surface area contributed by atoms with Crippen LogP contribution in [-0.4, -0.2) is 27.6 Å². The fraction of sp³-hybridized carbons (Fsp3) is 0.562. The van der Waals surface area contributed by atoms with Crippen LogP contribution >= 0.6 is 0 Å². The van der Waals surface area contributed by atoms with Gasteiger partial charge in [0.15, 0.2) is 0 Å². The van der Waals surface area contributed by atoms with Crippen LogP contribution in [0.1, 0.15) is 49.0 Å². The molecule has 1 saturated carbocycles. The third kappa shape index (κ3) is 3.27. The third-order valence-corrected chi connectivity index (χ3v) is 4.44. The predicted molar refractivity (Wildman–Crippen MR) is 83.2 cm³/mol. The molecule has 22 heavy (non-hydrogen) atoms. The van der Waals surface area contributed by atoms with Gasteiger partial charge in [0.25, 0.3) is 5.91 Å². The van der Waals surface area contributed by atoms with Crippen molar-refractivity contribution in [1.82, 2.24) is 20.0 Å². The lowest BCUT2D eigenvalue weighted by molar-refractivity contribution is 0.0532. The number of hydroxylamine groups is 1. The molecule has 1 amide bonds. The predicted octanol–water partition coefficient (Wildman–Crippen LogP) is 2.69. The molecule has 2 aromatic heterocycles. The molecule has 0 saturated heterocycles. The summed E-state index contributed by atoms with van der Waals surface area (Å²) in [6.07, 6.45) is 11.6. The van der Waals surface area contributed by atoms with E-state index in [1.807, 2.05) is 6.33 Å². The third-order valence-electron chi connectivity index (χ3n) is 4.44. The molecular formula is C16H22N4O2. The van der Waals surface area contributed by atoms with Crippen molar-refractivity contribution in [3.8, 4) is 0 Å². The molecule has 0 bridgehead atoms. The van der Waals surface area contributed by atoms with Crippen LogP contribution in [0.5, 0.6) is 0 Å². The average molecular weight is 302 g/mol. The fourth-order valence-electron chi connectivity index (χ4n) is 3.20. The van der Waals surface area contributed by atoms with Crippen LogP contribution in [0, 0.1) is 5.92 Å². The van der Waals surface area contributed by atoms with E-state index < -0.39 is 0 Å². The second-order valence-electron chi connectivity index (χ2n) is 5.92. The van der Waals surface area contributed by atoms with Crippen LogP contribution in [-0.2, 0) is 11.4 Å². The summed E-state index contributed by atoms with van der Waals surface area (Å²) < 4.78 is 2.13. The maximum Gasteiger partial charge on any atom is 0.293 e. The zero-order chi connectivity index (χ0) is 15.4. The Kier molecular flexibility index (Phi) is 4.68. The topological polar surface area (TPSA) is 69.0 Å². The lowest BCUT2D eigenvalue weighted by Gasteiger charge is -2.21. The van der Waals surface area contributed by atoms with Crippen molar-refractivity contribution in [2.75, 3.05) is 7.11 Å². The van der Waals surface area contributed by atoms with E-state index in [0.717, 1.165) is 23.5 Å². The van der Waals surface area contributed by atoms with Gasteiger partial charge in [0.05, 0.1) is 30.7 Å². The molecule has 3 rings (SSSR count). The Morgan fingerprint density at radius 1 is 1.36 bits per heavy atom. The summed E-state index contributed by atoms with van der Waals surface area (Å²) in [6.45, 7) is 0.965. The van der Waals surface area contributed by atoms with E-state index in [1.54, 1.807) is 12.3 Å². The maximum absolute atomic E-state index is 11.7. The van der Waals surface area contributed by atoms with E-state index in [-0.39, 0.29) is 5.91 Å². The molecule has 1 N–H and O–H groups in total.